The number of benzene rings is 1. The summed E-state index contributed by atoms with van der Waals surface area (Å²) in [6, 6.07) is 5.23. The highest BCUT2D eigenvalue weighted by Gasteiger charge is 2.34. The third kappa shape index (κ3) is 3.03. The van der Waals surface area contributed by atoms with E-state index in [2.05, 4.69) is 9.80 Å². The van der Waals surface area contributed by atoms with Crippen molar-refractivity contribution in [2.75, 3.05) is 31.1 Å². The van der Waals surface area contributed by atoms with Crippen LogP contribution < -0.4 is 4.90 Å². The number of rotatable bonds is 1. The Morgan fingerprint density at radius 2 is 1.90 bits per heavy atom. The first kappa shape index (κ1) is 14.7. The van der Waals surface area contributed by atoms with Gasteiger partial charge in [0.25, 0.3) is 0 Å². The van der Waals surface area contributed by atoms with Crippen molar-refractivity contribution in [3.8, 4) is 0 Å². The third-order valence-electron chi connectivity index (χ3n) is 4.73. The number of anilines is 1. The molecule has 2 fully saturated rings. The highest BCUT2D eigenvalue weighted by Crippen LogP contribution is 2.35. The predicted octanol–water partition coefficient (Wildman–Crippen LogP) is 3.69. The summed E-state index contributed by atoms with van der Waals surface area (Å²) in [6.45, 7) is 5.28. The molecule has 0 aliphatic carbocycles. The van der Waals surface area contributed by atoms with Crippen LogP contribution in [0.2, 0.25) is 0 Å². The summed E-state index contributed by atoms with van der Waals surface area (Å²) >= 11 is 0. The minimum absolute atomic E-state index is 0.294. The van der Waals surface area contributed by atoms with E-state index in [1.54, 1.807) is 6.07 Å². The summed E-state index contributed by atoms with van der Waals surface area (Å²) < 4.78 is 39.1. The Labute approximate surface area is 123 Å². The molecule has 0 saturated carbocycles. The second-order valence-electron chi connectivity index (χ2n) is 6.13. The van der Waals surface area contributed by atoms with Gasteiger partial charge >= 0.3 is 6.18 Å². The molecule has 2 aliphatic heterocycles. The molecular weight excluding hydrogens is 277 g/mol. The van der Waals surface area contributed by atoms with Gasteiger partial charge in [-0.2, -0.15) is 13.2 Å². The molecule has 0 amide bonds. The van der Waals surface area contributed by atoms with Gasteiger partial charge < -0.3 is 4.90 Å². The smallest absolute Gasteiger partial charge is 0.369 e. The number of nitrogens with zero attached hydrogens (tertiary/aromatic N) is 2. The second kappa shape index (κ2) is 5.52. The van der Waals surface area contributed by atoms with E-state index in [1.807, 2.05) is 6.07 Å². The Kier molecular flexibility index (Phi) is 3.86. The highest BCUT2D eigenvalue weighted by molar-refractivity contribution is 5.52. The summed E-state index contributed by atoms with van der Waals surface area (Å²) in [7, 11) is 0. The minimum atomic E-state index is -4.27. The SMILES string of the molecule is Cc1ccc(N2CCN3CCCCC3C2)cc1C(F)(F)F. The molecule has 2 aliphatic rings. The van der Waals surface area contributed by atoms with Crippen LogP contribution in [0.25, 0.3) is 0 Å². The van der Waals surface area contributed by atoms with E-state index in [4.69, 9.17) is 0 Å². The Balaban J connectivity index is 1.81. The van der Waals surface area contributed by atoms with E-state index in [9.17, 15) is 13.2 Å². The Morgan fingerprint density at radius 1 is 1.10 bits per heavy atom. The van der Waals surface area contributed by atoms with Gasteiger partial charge in [-0.1, -0.05) is 12.5 Å². The lowest BCUT2D eigenvalue weighted by Crippen LogP contribution is -2.54. The van der Waals surface area contributed by atoms with Gasteiger partial charge in [-0.3, -0.25) is 4.90 Å². The molecule has 0 bridgehead atoms. The zero-order valence-corrected chi connectivity index (χ0v) is 12.3. The molecule has 2 nitrogen and oxygen atoms in total. The van der Waals surface area contributed by atoms with Crippen molar-refractivity contribution in [3.63, 3.8) is 0 Å². The molecule has 1 aromatic rings. The fourth-order valence-corrected chi connectivity index (χ4v) is 3.50. The predicted molar refractivity (Wildman–Crippen MR) is 77.6 cm³/mol. The van der Waals surface area contributed by atoms with Crippen LogP contribution in [-0.4, -0.2) is 37.1 Å². The zero-order chi connectivity index (χ0) is 15.0. The number of fused-ring (bicyclic) bond motifs is 1. The van der Waals surface area contributed by atoms with Crippen molar-refractivity contribution < 1.29 is 13.2 Å². The van der Waals surface area contributed by atoms with Gasteiger partial charge in [-0.05, 0) is 44.0 Å². The molecule has 0 spiro atoms. The van der Waals surface area contributed by atoms with Crippen LogP contribution in [0.15, 0.2) is 18.2 Å². The summed E-state index contributed by atoms with van der Waals surface area (Å²) in [4.78, 5) is 4.60. The van der Waals surface area contributed by atoms with Gasteiger partial charge in [0.1, 0.15) is 0 Å². The van der Waals surface area contributed by atoms with Crippen molar-refractivity contribution in [2.24, 2.45) is 0 Å². The summed E-state index contributed by atoms with van der Waals surface area (Å²) in [5.41, 5.74) is 0.492. The standard InChI is InChI=1S/C16H21F3N2/c1-12-5-6-13(10-15(12)16(17,18)19)21-9-8-20-7-3-2-4-14(20)11-21/h5-6,10,14H,2-4,7-9,11H2,1H3. The number of hydrogen-bond acceptors (Lipinski definition) is 2. The van der Waals surface area contributed by atoms with E-state index in [0.717, 1.165) is 32.6 Å². The molecule has 1 atom stereocenters. The van der Waals surface area contributed by atoms with E-state index < -0.39 is 11.7 Å². The number of piperidine rings is 1. The van der Waals surface area contributed by atoms with Gasteiger partial charge in [0, 0.05) is 31.4 Å². The summed E-state index contributed by atoms with van der Waals surface area (Å²) in [6.07, 6.45) is -0.628. The Morgan fingerprint density at radius 3 is 2.67 bits per heavy atom. The lowest BCUT2D eigenvalue weighted by Gasteiger charge is -2.45. The van der Waals surface area contributed by atoms with Crippen LogP contribution in [-0.2, 0) is 6.18 Å². The first-order valence-electron chi connectivity index (χ1n) is 7.62. The van der Waals surface area contributed by atoms with E-state index >= 15 is 0 Å². The molecule has 0 radical (unpaired) electrons. The van der Waals surface area contributed by atoms with Crippen molar-refractivity contribution in [2.45, 2.75) is 38.4 Å². The fourth-order valence-electron chi connectivity index (χ4n) is 3.50. The molecule has 1 aromatic carbocycles. The molecule has 116 valence electrons. The molecule has 0 aromatic heterocycles. The highest BCUT2D eigenvalue weighted by atomic mass is 19.4. The molecule has 5 heteroatoms. The van der Waals surface area contributed by atoms with Gasteiger partial charge in [-0.25, -0.2) is 0 Å². The number of alkyl halides is 3. The van der Waals surface area contributed by atoms with Gasteiger partial charge in [0.15, 0.2) is 0 Å². The monoisotopic (exact) mass is 298 g/mol. The average Bonchev–Trinajstić information content (AvgIpc) is 2.46. The third-order valence-corrected chi connectivity index (χ3v) is 4.73. The molecule has 21 heavy (non-hydrogen) atoms. The Hall–Kier alpha value is -1.23. The minimum Gasteiger partial charge on any atom is -0.369 e. The van der Waals surface area contributed by atoms with Crippen molar-refractivity contribution >= 4 is 5.69 Å². The van der Waals surface area contributed by atoms with Gasteiger partial charge in [0.05, 0.1) is 5.56 Å². The second-order valence-corrected chi connectivity index (χ2v) is 6.13. The van der Waals surface area contributed by atoms with Crippen LogP contribution in [0.1, 0.15) is 30.4 Å². The van der Waals surface area contributed by atoms with E-state index in [-0.39, 0.29) is 0 Å². The van der Waals surface area contributed by atoms with Crippen LogP contribution in [0.3, 0.4) is 0 Å². The lowest BCUT2D eigenvalue weighted by atomic mass is 9.98. The average molecular weight is 298 g/mol. The topological polar surface area (TPSA) is 6.48 Å². The van der Waals surface area contributed by atoms with E-state index in [0.29, 0.717) is 17.3 Å². The lowest BCUT2D eigenvalue weighted by molar-refractivity contribution is -0.138. The van der Waals surface area contributed by atoms with Crippen molar-refractivity contribution in [1.82, 2.24) is 4.90 Å². The number of hydrogen-bond donors (Lipinski definition) is 0. The molecular formula is C16H21F3N2. The fraction of sp³-hybridized carbons (Fsp3) is 0.625. The molecule has 3 rings (SSSR count). The first-order chi connectivity index (χ1) is 9.95. The quantitative estimate of drug-likeness (QED) is 0.780. The van der Waals surface area contributed by atoms with Crippen LogP contribution in [0.4, 0.5) is 18.9 Å². The van der Waals surface area contributed by atoms with Crippen molar-refractivity contribution in [3.05, 3.63) is 29.3 Å². The maximum Gasteiger partial charge on any atom is 0.416 e. The molecule has 2 heterocycles. The number of halogens is 3. The largest absolute Gasteiger partial charge is 0.416 e. The summed E-state index contributed by atoms with van der Waals surface area (Å²) in [5.74, 6) is 0. The molecule has 0 N–H and O–H groups in total. The molecule has 1 unspecified atom stereocenters. The zero-order valence-electron chi connectivity index (χ0n) is 12.3. The van der Waals surface area contributed by atoms with E-state index in [1.165, 1.54) is 25.8 Å². The number of aryl methyl sites for hydroxylation is 1. The van der Waals surface area contributed by atoms with Gasteiger partial charge in [-0.15, -0.1) is 0 Å². The maximum absolute atomic E-state index is 13.0. The van der Waals surface area contributed by atoms with Crippen LogP contribution in [0, 0.1) is 6.92 Å². The van der Waals surface area contributed by atoms with Crippen LogP contribution in [0.5, 0.6) is 0 Å². The maximum atomic E-state index is 13.0. The molecule has 2 saturated heterocycles. The van der Waals surface area contributed by atoms with Crippen molar-refractivity contribution in [1.29, 1.82) is 0 Å². The normalized spacial score (nSPS) is 24.0. The number of piperazine rings is 1. The summed E-state index contributed by atoms with van der Waals surface area (Å²) in [5, 5.41) is 0. The first-order valence-corrected chi connectivity index (χ1v) is 7.62. The van der Waals surface area contributed by atoms with Crippen LogP contribution >= 0.6 is 0 Å². The van der Waals surface area contributed by atoms with Gasteiger partial charge in [0.2, 0.25) is 0 Å². The Bertz CT molecular complexity index is 513.